The average Bonchev–Trinajstić information content (AvgIpc) is 3.97. The van der Waals surface area contributed by atoms with Crippen LogP contribution >= 0.6 is 0 Å². The van der Waals surface area contributed by atoms with E-state index < -0.39 is 35.5 Å². The Hall–Kier alpha value is -5.13. The maximum Gasteiger partial charge on any atom is 0.410 e. The average molecular weight is 740 g/mol. The van der Waals surface area contributed by atoms with Crippen LogP contribution in [-0.2, 0) is 32.2 Å². The fraction of sp³-hybridized carbons (Fsp3) is 0.476. The highest BCUT2D eigenvalue weighted by Gasteiger charge is 2.58. The van der Waals surface area contributed by atoms with Gasteiger partial charge in [0.2, 0.25) is 11.8 Å². The molecule has 2 N–H and O–H groups in total. The highest BCUT2D eigenvalue weighted by molar-refractivity contribution is 5.98. The number of benzene rings is 3. The van der Waals surface area contributed by atoms with Gasteiger partial charge in [0, 0.05) is 43.2 Å². The summed E-state index contributed by atoms with van der Waals surface area (Å²) >= 11 is 0. The predicted octanol–water partition coefficient (Wildman–Crippen LogP) is 7.42. The third-order valence-electron chi connectivity index (χ3n) is 10.5. The van der Waals surface area contributed by atoms with Crippen molar-refractivity contribution in [2.24, 2.45) is 23.7 Å². The number of nitrogens with one attached hydrogen (secondary N) is 2. The molecule has 3 aromatic rings. The summed E-state index contributed by atoms with van der Waals surface area (Å²) < 4.78 is 25.1. The van der Waals surface area contributed by atoms with E-state index in [2.05, 4.69) is 15.5 Å². The quantitative estimate of drug-likeness (QED) is 0.234. The third kappa shape index (κ3) is 8.63. The van der Waals surface area contributed by atoms with E-state index in [4.69, 9.17) is 9.47 Å². The molecule has 4 amide bonds. The number of amides is 4. The molecule has 11 nitrogen and oxygen atoms in total. The Labute approximate surface area is 316 Å². The number of piperidine rings is 2. The van der Waals surface area contributed by atoms with Gasteiger partial charge in [0.1, 0.15) is 29.1 Å². The first-order valence-corrected chi connectivity index (χ1v) is 18.8. The van der Waals surface area contributed by atoms with Gasteiger partial charge in [0.05, 0.1) is 0 Å². The van der Waals surface area contributed by atoms with Crippen molar-refractivity contribution in [1.29, 1.82) is 0 Å². The summed E-state index contributed by atoms with van der Waals surface area (Å²) in [5.41, 5.74) is 2.75. The minimum Gasteiger partial charge on any atom is -0.444 e. The molecule has 2 heterocycles. The molecule has 2 aliphatic heterocycles. The second kappa shape index (κ2) is 14.3. The largest absolute Gasteiger partial charge is 0.444 e. The topological polar surface area (TPSA) is 121 Å². The normalized spacial score (nSPS) is 23.9. The maximum absolute atomic E-state index is 13.9. The minimum absolute atomic E-state index is 0.152. The molecule has 286 valence electrons. The molecule has 0 aromatic heterocycles. The molecule has 3 aromatic carbocycles. The van der Waals surface area contributed by atoms with Crippen LogP contribution in [0.15, 0.2) is 72.8 Å². The van der Waals surface area contributed by atoms with Crippen molar-refractivity contribution in [3.05, 3.63) is 89.7 Å². The zero-order valence-corrected chi connectivity index (χ0v) is 31.8. The maximum atomic E-state index is 13.9. The zero-order chi connectivity index (χ0) is 38.5. The lowest BCUT2D eigenvalue weighted by atomic mass is 10.1. The van der Waals surface area contributed by atoms with Crippen LogP contribution in [0.1, 0.15) is 65.5 Å². The summed E-state index contributed by atoms with van der Waals surface area (Å²) in [6.07, 6.45) is 0.945. The first kappa shape index (κ1) is 37.2. The number of hydrogen-bond acceptors (Lipinski definition) is 7. The second-order valence-electron chi connectivity index (χ2n) is 17.2. The van der Waals surface area contributed by atoms with Crippen LogP contribution in [0.3, 0.4) is 0 Å². The molecule has 0 radical (unpaired) electrons. The number of carbonyl (C=O) groups excluding carboxylic acids is 4. The molecule has 4 fully saturated rings. The number of halogens is 1. The predicted molar refractivity (Wildman–Crippen MR) is 203 cm³/mol. The standard InChI is InChI=1S/C42H50FN5O6/c1-41(2,3)53-39(51)47-23-27-19-33(27)35(47)37(49)44-30-13-7-25(8-14-30)21-46(32-17-11-29(43)12-18-32)22-26-9-15-31(16-10-26)45-38(50)36-34-20-28(34)24-48(36)40(52)54-42(4,5)6/h7-18,27-28,33-36H,19-24H2,1-6H3,(H,44,49)(H,45,50)/t27-,28-,33-,34-,35-,36-/m0/s1. The van der Waals surface area contributed by atoms with Crippen molar-refractivity contribution >= 4 is 41.1 Å². The Kier molecular flexibility index (Phi) is 9.82. The van der Waals surface area contributed by atoms with E-state index in [1.54, 1.807) is 21.9 Å². The lowest BCUT2D eigenvalue weighted by Crippen LogP contribution is -2.47. The van der Waals surface area contributed by atoms with Crippen LogP contribution in [-0.4, -0.2) is 70.2 Å². The van der Waals surface area contributed by atoms with E-state index in [0.29, 0.717) is 49.4 Å². The van der Waals surface area contributed by atoms with Gasteiger partial charge in [-0.05, 0) is 138 Å². The van der Waals surface area contributed by atoms with Crippen molar-refractivity contribution in [2.75, 3.05) is 28.6 Å². The number of nitrogens with zero attached hydrogens (tertiary/aromatic N) is 3. The molecule has 2 saturated carbocycles. The molecule has 2 aliphatic carbocycles. The number of ether oxygens (including phenoxy) is 2. The highest BCUT2D eigenvalue weighted by Crippen LogP contribution is 2.51. The van der Waals surface area contributed by atoms with Crippen molar-refractivity contribution in [1.82, 2.24) is 9.80 Å². The molecule has 12 heteroatoms. The van der Waals surface area contributed by atoms with Crippen LogP contribution in [0.2, 0.25) is 0 Å². The smallest absolute Gasteiger partial charge is 0.410 e. The monoisotopic (exact) mass is 739 g/mol. The summed E-state index contributed by atoms with van der Waals surface area (Å²) in [4.78, 5) is 57.8. The number of rotatable bonds is 9. The molecule has 4 aliphatic rings. The molecule has 2 saturated heterocycles. The van der Waals surface area contributed by atoms with E-state index >= 15 is 0 Å². The Morgan fingerprint density at radius 2 is 1.04 bits per heavy atom. The summed E-state index contributed by atoms with van der Waals surface area (Å²) in [7, 11) is 0. The highest BCUT2D eigenvalue weighted by atomic mass is 19.1. The van der Waals surface area contributed by atoms with Crippen molar-refractivity contribution < 1.29 is 33.0 Å². The minimum atomic E-state index is -0.646. The fourth-order valence-corrected chi connectivity index (χ4v) is 7.77. The molecular weight excluding hydrogens is 689 g/mol. The fourth-order valence-electron chi connectivity index (χ4n) is 7.77. The number of fused-ring (bicyclic) bond motifs is 2. The molecule has 7 rings (SSSR count). The molecular formula is C42H50FN5O6. The summed E-state index contributed by atoms with van der Waals surface area (Å²) in [5, 5.41) is 6.01. The summed E-state index contributed by atoms with van der Waals surface area (Å²) in [5.74, 6) is 0.216. The third-order valence-corrected chi connectivity index (χ3v) is 10.5. The van der Waals surface area contributed by atoms with Gasteiger partial charge in [-0.15, -0.1) is 0 Å². The van der Waals surface area contributed by atoms with Crippen LogP contribution in [0, 0.1) is 29.5 Å². The van der Waals surface area contributed by atoms with Gasteiger partial charge >= 0.3 is 12.2 Å². The SMILES string of the molecule is CC(C)(C)OC(=O)N1C[C@@H]2C[C@@H]2[C@H]1C(=O)Nc1ccc(CN(Cc2ccc(NC(=O)[C@@H]3[C@H]4C[C@H]4CN3C(=O)OC(C)(C)C)cc2)c2ccc(F)cc2)cc1. The first-order valence-electron chi connectivity index (χ1n) is 18.8. The number of hydrogen-bond donors (Lipinski definition) is 2. The van der Waals surface area contributed by atoms with Gasteiger partial charge < -0.3 is 25.0 Å². The Balaban J connectivity index is 0.986. The van der Waals surface area contributed by atoms with Crippen LogP contribution < -0.4 is 15.5 Å². The van der Waals surface area contributed by atoms with E-state index in [1.165, 1.54) is 12.1 Å². The van der Waals surface area contributed by atoms with E-state index in [-0.39, 0.29) is 29.5 Å². The Morgan fingerprint density at radius 1 is 0.648 bits per heavy atom. The second-order valence-corrected chi connectivity index (χ2v) is 17.2. The Bertz CT molecular complexity index is 1770. The van der Waals surface area contributed by atoms with Crippen molar-refractivity contribution in [3.8, 4) is 0 Å². The van der Waals surface area contributed by atoms with Gasteiger partial charge in [-0.1, -0.05) is 24.3 Å². The van der Waals surface area contributed by atoms with E-state index in [0.717, 1.165) is 29.7 Å². The number of likely N-dealkylation sites (tertiary alicyclic amines) is 2. The Morgan fingerprint density at radius 3 is 1.41 bits per heavy atom. The van der Waals surface area contributed by atoms with Gasteiger partial charge in [-0.25, -0.2) is 14.0 Å². The van der Waals surface area contributed by atoms with E-state index in [9.17, 15) is 23.6 Å². The lowest BCUT2D eigenvalue weighted by Gasteiger charge is -2.30. The van der Waals surface area contributed by atoms with Crippen molar-refractivity contribution in [2.45, 2.75) is 90.8 Å². The lowest BCUT2D eigenvalue weighted by molar-refractivity contribution is -0.121. The van der Waals surface area contributed by atoms with Crippen molar-refractivity contribution in [3.63, 3.8) is 0 Å². The van der Waals surface area contributed by atoms with Gasteiger partial charge in [-0.3, -0.25) is 19.4 Å². The van der Waals surface area contributed by atoms with Crippen LogP contribution in [0.5, 0.6) is 0 Å². The summed E-state index contributed by atoms with van der Waals surface area (Å²) in [6, 6.07) is 20.4. The zero-order valence-electron chi connectivity index (χ0n) is 31.8. The molecule has 0 unspecified atom stereocenters. The van der Waals surface area contributed by atoms with Gasteiger partial charge in [-0.2, -0.15) is 0 Å². The summed E-state index contributed by atoms with van der Waals surface area (Å²) in [6.45, 7) is 13.0. The van der Waals surface area contributed by atoms with Gasteiger partial charge in [0.25, 0.3) is 0 Å². The van der Waals surface area contributed by atoms with Crippen LogP contribution in [0.4, 0.5) is 31.0 Å². The van der Waals surface area contributed by atoms with Crippen LogP contribution in [0.25, 0.3) is 0 Å². The molecule has 0 spiro atoms. The molecule has 54 heavy (non-hydrogen) atoms. The molecule has 6 atom stereocenters. The van der Waals surface area contributed by atoms with Gasteiger partial charge in [0.15, 0.2) is 0 Å². The first-order chi connectivity index (χ1) is 25.5. The number of anilines is 3. The number of carbonyl (C=O) groups is 4. The molecule has 0 bridgehead atoms. The van der Waals surface area contributed by atoms with E-state index in [1.807, 2.05) is 90.1 Å².